The molecule has 4 heteroatoms. The summed E-state index contributed by atoms with van der Waals surface area (Å²) in [5.74, 6) is 0.771. The van der Waals surface area contributed by atoms with Gasteiger partial charge in [-0.2, -0.15) is 0 Å². The molecule has 0 radical (unpaired) electrons. The summed E-state index contributed by atoms with van der Waals surface area (Å²) in [5.41, 5.74) is 3.27. The summed E-state index contributed by atoms with van der Waals surface area (Å²) < 4.78 is 5.70. The minimum atomic E-state index is 0.128. The predicted molar refractivity (Wildman–Crippen MR) is 83.2 cm³/mol. The lowest BCUT2D eigenvalue weighted by Gasteiger charge is -2.13. The van der Waals surface area contributed by atoms with Crippen molar-refractivity contribution in [3.05, 3.63) is 47.2 Å². The first-order chi connectivity index (χ1) is 9.60. The molecule has 1 aromatic carbocycles. The van der Waals surface area contributed by atoms with E-state index in [1.54, 1.807) is 6.20 Å². The van der Waals surface area contributed by atoms with Crippen LogP contribution in [0.15, 0.2) is 36.7 Å². The van der Waals surface area contributed by atoms with Gasteiger partial charge in [-0.3, -0.25) is 4.98 Å². The molecule has 1 heterocycles. The van der Waals surface area contributed by atoms with E-state index < -0.39 is 0 Å². The SMILES string of the molecule is CNCc1ccc(Cl)cc1-c1cncc(OC(C)C)c1. The Hall–Kier alpha value is -1.58. The van der Waals surface area contributed by atoms with Gasteiger partial charge >= 0.3 is 0 Å². The van der Waals surface area contributed by atoms with E-state index in [4.69, 9.17) is 16.3 Å². The van der Waals surface area contributed by atoms with Crippen molar-refractivity contribution >= 4 is 11.6 Å². The van der Waals surface area contributed by atoms with Crippen molar-refractivity contribution in [2.45, 2.75) is 26.5 Å². The zero-order valence-electron chi connectivity index (χ0n) is 12.0. The second-order valence-corrected chi connectivity index (χ2v) is 5.34. The Kier molecular flexibility index (Phi) is 4.99. The van der Waals surface area contributed by atoms with Crippen molar-refractivity contribution < 1.29 is 4.74 Å². The highest BCUT2D eigenvalue weighted by molar-refractivity contribution is 6.30. The predicted octanol–water partition coefficient (Wildman–Crippen LogP) is 3.91. The smallest absolute Gasteiger partial charge is 0.138 e. The third-order valence-electron chi connectivity index (χ3n) is 2.84. The lowest BCUT2D eigenvalue weighted by atomic mass is 10.0. The molecular formula is C16H19ClN2O. The third-order valence-corrected chi connectivity index (χ3v) is 3.07. The summed E-state index contributed by atoms with van der Waals surface area (Å²) in [6, 6.07) is 7.89. The fourth-order valence-electron chi connectivity index (χ4n) is 2.06. The number of benzene rings is 1. The summed E-state index contributed by atoms with van der Waals surface area (Å²) in [6.07, 6.45) is 3.69. The van der Waals surface area contributed by atoms with Crippen molar-refractivity contribution in [1.29, 1.82) is 0 Å². The van der Waals surface area contributed by atoms with Crippen LogP contribution in [-0.2, 0) is 6.54 Å². The van der Waals surface area contributed by atoms with E-state index in [-0.39, 0.29) is 6.10 Å². The Morgan fingerprint density at radius 3 is 2.75 bits per heavy atom. The molecular weight excluding hydrogens is 272 g/mol. The quantitative estimate of drug-likeness (QED) is 0.906. The summed E-state index contributed by atoms with van der Waals surface area (Å²) in [6.45, 7) is 4.78. The summed E-state index contributed by atoms with van der Waals surface area (Å²) >= 11 is 6.12. The average molecular weight is 291 g/mol. The van der Waals surface area contributed by atoms with Gasteiger partial charge in [0.15, 0.2) is 0 Å². The molecule has 0 fully saturated rings. The number of ether oxygens (including phenoxy) is 1. The van der Waals surface area contributed by atoms with Crippen LogP contribution in [0, 0.1) is 0 Å². The Bertz CT molecular complexity index is 584. The van der Waals surface area contributed by atoms with Gasteiger partial charge in [0.1, 0.15) is 5.75 Å². The number of pyridine rings is 1. The third kappa shape index (κ3) is 3.71. The zero-order chi connectivity index (χ0) is 14.5. The molecule has 3 nitrogen and oxygen atoms in total. The molecule has 0 aliphatic rings. The van der Waals surface area contributed by atoms with E-state index >= 15 is 0 Å². The van der Waals surface area contributed by atoms with Crippen LogP contribution in [0.25, 0.3) is 11.1 Å². The van der Waals surface area contributed by atoms with Crippen LogP contribution in [0.4, 0.5) is 0 Å². The van der Waals surface area contributed by atoms with Crippen LogP contribution in [-0.4, -0.2) is 18.1 Å². The van der Waals surface area contributed by atoms with Crippen molar-refractivity contribution in [2.24, 2.45) is 0 Å². The van der Waals surface area contributed by atoms with Gasteiger partial charge in [-0.15, -0.1) is 0 Å². The monoisotopic (exact) mass is 290 g/mol. The van der Waals surface area contributed by atoms with Crippen LogP contribution in [0.1, 0.15) is 19.4 Å². The van der Waals surface area contributed by atoms with Crippen LogP contribution >= 0.6 is 11.6 Å². The van der Waals surface area contributed by atoms with Gasteiger partial charge in [0.05, 0.1) is 12.3 Å². The lowest BCUT2D eigenvalue weighted by Crippen LogP contribution is -2.07. The van der Waals surface area contributed by atoms with E-state index in [1.165, 1.54) is 5.56 Å². The van der Waals surface area contributed by atoms with Gasteiger partial charge in [-0.05, 0) is 50.2 Å². The molecule has 0 saturated carbocycles. The molecule has 0 bridgehead atoms. The highest BCUT2D eigenvalue weighted by atomic mass is 35.5. The summed E-state index contributed by atoms with van der Waals surface area (Å²) in [7, 11) is 1.93. The number of nitrogens with zero attached hydrogens (tertiary/aromatic N) is 1. The van der Waals surface area contributed by atoms with E-state index in [9.17, 15) is 0 Å². The highest BCUT2D eigenvalue weighted by Gasteiger charge is 2.08. The van der Waals surface area contributed by atoms with Gasteiger partial charge in [-0.25, -0.2) is 0 Å². The Morgan fingerprint density at radius 1 is 1.25 bits per heavy atom. The Morgan fingerprint density at radius 2 is 2.05 bits per heavy atom. The number of hydrogen-bond acceptors (Lipinski definition) is 3. The van der Waals surface area contributed by atoms with Crippen molar-refractivity contribution in [3.8, 4) is 16.9 Å². The van der Waals surface area contributed by atoms with Gasteiger partial charge in [-0.1, -0.05) is 17.7 Å². The van der Waals surface area contributed by atoms with Gasteiger partial charge in [0.2, 0.25) is 0 Å². The van der Waals surface area contributed by atoms with Crippen LogP contribution in [0.2, 0.25) is 5.02 Å². The molecule has 1 aromatic heterocycles. The lowest BCUT2D eigenvalue weighted by molar-refractivity contribution is 0.241. The molecule has 0 aliphatic carbocycles. The maximum atomic E-state index is 6.12. The second kappa shape index (κ2) is 6.73. The van der Waals surface area contributed by atoms with Gasteiger partial charge in [0.25, 0.3) is 0 Å². The molecule has 0 amide bonds. The van der Waals surface area contributed by atoms with Crippen molar-refractivity contribution in [3.63, 3.8) is 0 Å². The first-order valence-electron chi connectivity index (χ1n) is 6.65. The highest BCUT2D eigenvalue weighted by Crippen LogP contribution is 2.29. The topological polar surface area (TPSA) is 34.2 Å². The minimum absolute atomic E-state index is 0.128. The molecule has 2 rings (SSSR count). The van der Waals surface area contributed by atoms with Gasteiger partial charge in [0, 0.05) is 23.3 Å². The molecule has 106 valence electrons. The van der Waals surface area contributed by atoms with Crippen molar-refractivity contribution in [1.82, 2.24) is 10.3 Å². The molecule has 0 saturated heterocycles. The first-order valence-corrected chi connectivity index (χ1v) is 7.03. The largest absolute Gasteiger partial charge is 0.489 e. The van der Waals surface area contributed by atoms with Crippen molar-refractivity contribution in [2.75, 3.05) is 7.05 Å². The standard InChI is InChI=1S/C16H19ClN2O/c1-11(2)20-15-6-13(9-19-10-15)16-7-14(17)5-4-12(16)8-18-3/h4-7,9-11,18H,8H2,1-3H3. The molecule has 0 atom stereocenters. The van der Waals surface area contributed by atoms with E-state index in [1.807, 2.05) is 51.4 Å². The number of aromatic nitrogens is 1. The van der Waals surface area contributed by atoms with E-state index in [2.05, 4.69) is 10.3 Å². The molecule has 0 unspecified atom stereocenters. The minimum Gasteiger partial charge on any atom is -0.489 e. The fraction of sp³-hybridized carbons (Fsp3) is 0.312. The molecule has 0 spiro atoms. The van der Waals surface area contributed by atoms with Crippen LogP contribution in [0.5, 0.6) is 5.75 Å². The Labute approximate surface area is 124 Å². The zero-order valence-corrected chi connectivity index (χ0v) is 12.7. The Balaban J connectivity index is 2.42. The number of nitrogens with one attached hydrogen (secondary N) is 1. The molecule has 1 N–H and O–H groups in total. The van der Waals surface area contributed by atoms with E-state index in [0.29, 0.717) is 0 Å². The first kappa shape index (κ1) is 14.8. The van der Waals surface area contributed by atoms with E-state index in [0.717, 1.165) is 28.4 Å². The summed E-state index contributed by atoms with van der Waals surface area (Å²) in [4.78, 5) is 4.26. The molecule has 20 heavy (non-hydrogen) atoms. The summed E-state index contributed by atoms with van der Waals surface area (Å²) in [5, 5.41) is 3.88. The van der Waals surface area contributed by atoms with Gasteiger partial charge < -0.3 is 10.1 Å². The van der Waals surface area contributed by atoms with Crippen LogP contribution < -0.4 is 10.1 Å². The number of rotatable bonds is 5. The second-order valence-electron chi connectivity index (χ2n) is 4.91. The van der Waals surface area contributed by atoms with Crippen LogP contribution in [0.3, 0.4) is 0 Å². The maximum Gasteiger partial charge on any atom is 0.138 e. The number of halogens is 1. The number of hydrogen-bond donors (Lipinski definition) is 1. The average Bonchev–Trinajstić information content (AvgIpc) is 2.40. The maximum absolute atomic E-state index is 6.12. The molecule has 0 aliphatic heterocycles. The molecule has 2 aromatic rings. The normalized spacial score (nSPS) is 10.8. The fourth-order valence-corrected chi connectivity index (χ4v) is 2.24.